The first kappa shape index (κ1) is 24.5. The number of amides is 2. The molecule has 0 radical (unpaired) electrons. The Morgan fingerprint density at radius 3 is 2.60 bits per heavy atom. The Kier molecular flexibility index (Phi) is 6.95. The Hall–Kier alpha value is -3.62. The smallest absolute Gasteiger partial charge is 0.270 e. The minimum absolute atomic E-state index is 0.0994. The average molecular weight is 481 g/mol. The lowest BCUT2D eigenvalue weighted by atomic mass is 9.95. The van der Waals surface area contributed by atoms with E-state index < -0.39 is 11.0 Å². The van der Waals surface area contributed by atoms with Gasteiger partial charge in [-0.2, -0.15) is 0 Å². The van der Waals surface area contributed by atoms with Gasteiger partial charge in [-0.15, -0.1) is 0 Å². The summed E-state index contributed by atoms with van der Waals surface area (Å²) in [5, 5.41) is 11.4. The van der Waals surface area contributed by atoms with Gasteiger partial charge in [-0.25, -0.2) is 0 Å². The van der Waals surface area contributed by atoms with Gasteiger partial charge in [-0.05, 0) is 36.1 Å². The van der Waals surface area contributed by atoms with E-state index in [0.29, 0.717) is 31.7 Å². The van der Waals surface area contributed by atoms with Gasteiger partial charge in [-0.3, -0.25) is 19.7 Å². The number of hydrogen-bond acceptors (Lipinski definition) is 6. The molecule has 0 unspecified atom stereocenters. The number of hydrogen-bond donors (Lipinski definition) is 0. The SMILES string of the molecule is CCC[C@@H]1C(=O)N(Cc2cccc(OC)c2)C[C@H]2N(CC(C)C)c3ccc([N+](=O)[O-])cc3C(=O)N12. The number of non-ortho nitro benzene ring substituents is 1. The van der Waals surface area contributed by atoms with Crippen molar-refractivity contribution >= 4 is 23.2 Å². The molecule has 2 aliphatic rings. The number of fused-ring (bicyclic) bond motifs is 2. The van der Waals surface area contributed by atoms with Crippen molar-refractivity contribution in [2.24, 2.45) is 5.92 Å². The second-order valence-corrected chi connectivity index (χ2v) is 9.57. The molecule has 9 nitrogen and oxygen atoms in total. The van der Waals surface area contributed by atoms with E-state index in [1.165, 1.54) is 12.1 Å². The van der Waals surface area contributed by atoms with Crippen molar-refractivity contribution in [1.29, 1.82) is 0 Å². The van der Waals surface area contributed by atoms with Gasteiger partial charge >= 0.3 is 0 Å². The van der Waals surface area contributed by atoms with Gasteiger partial charge in [0.05, 0.1) is 29.8 Å². The maximum Gasteiger partial charge on any atom is 0.270 e. The number of carbonyl (C=O) groups excluding carboxylic acids is 2. The highest BCUT2D eigenvalue weighted by Gasteiger charge is 2.49. The van der Waals surface area contributed by atoms with Crippen LogP contribution >= 0.6 is 0 Å². The molecule has 9 heteroatoms. The van der Waals surface area contributed by atoms with E-state index in [0.717, 1.165) is 17.7 Å². The van der Waals surface area contributed by atoms with Crippen LogP contribution in [0.5, 0.6) is 5.75 Å². The van der Waals surface area contributed by atoms with Crippen LogP contribution in [0.3, 0.4) is 0 Å². The number of benzene rings is 2. The third-order valence-corrected chi connectivity index (χ3v) is 6.59. The molecule has 2 heterocycles. The largest absolute Gasteiger partial charge is 0.497 e. The minimum Gasteiger partial charge on any atom is -0.497 e. The second kappa shape index (κ2) is 9.93. The minimum atomic E-state index is -0.626. The predicted octanol–water partition coefficient (Wildman–Crippen LogP) is 4.06. The number of nitro benzene ring substituents is 1. The zero-order valence-electron chi connectivity index (χ0n) is 20.6. The van der Waals surface area contributed by atoms with Crippen LogP contribution in [-0.4, -0.2) is 58.9 Å². The lowest BCUT2D eigenvalue weighted by molar-refractivity contribution is -0.384. The first-order valence-electron chi connectivity index (χ1n) is 12.0. The van der Waals surface area contributed by atoms with Crippen LogP contribution in [-0.2, 0) is 11.3 Å². The molecule has 0 saturated carbocycles. The normalized spacial score (nSPS) is 19.6. The standard InChI is InChI=1S/C26H32N4O5/c1-5-7-23-26(32)27(15-18-8-6-9-20(12-18)35-4)16-24-28(14-17(2)3)22-11-10-19(30(33)34)13-21(22)25(31)29(23)24/h6,8-13,17,23-24H,5,7,14-16H2,1-4H3/t23-,24+/m1/s1. The van der Waals surface area contributed by atoms with Crippen LogP contribution in [0, 0.1) is 16.0 Å². The molecular weight excluding hydrogens is 448 g/mol. The lowest BCUT2D eigenvalue weighted by Gasteiger charge is -2.53. The molecule has 2 aromatic carbocycles. The van der Waals surface area contributed by atoms with Crippen LogP contribution in [0.1, 0.15) is 49.5 Å². The fourth-order valence-corrected chi connectivity index (χ4v) is 5.08. The molecule has 0 N–H and O–H groups in total. The molecule has 1 fully saturated rings. The molecule has 186 valence electrons. The van der Waals surface area contributed by atoms with Crippen LogP contribution in [0.15, 0.2) is 42.5 Å². The Bertz CT molecular complexity index is 1130. The number of nitro groups is 1. The molecule has 1 saturated heterocycles. The Balaban J connectivity index is 1.77. The van der Waals surface area contributed by atoms with Gasteiger partial charge < -0.3 is 19.4 Å². The third-order valence-electron chi connectivity index (χ3n) is 6.59. The summed E-state index contributed by atoms with van der Waals surface area (Å²) in [7, 11) is 1.61. The molecule has 2 amide bonds. The second-order valence-electron chi connectivity index (χ2n) is 9.57. The molecule has 0 bridgehead atoms. The van der Waals surface area contributed by atoms with Crippen molar-refractivity contribution in [2.75, 3.05) is 25.1 Å². The molecule has 2 aromatic rings. The Morgan fingerprint density at radius 1 is 1.17 bits per heavy atom. The molecular formula is C26H32N4O5. The summed E-state index contributed by atoms with van der Waals surface area (Å²) in [6.45, 7) is 7.60. The van der Waals surface area contributed by atoms with Gasteiger partial charge in [0.2, 0.25) is 5.91 Å². The van der Waals surface area contributed by atoms with E-state index in [1.54, 1.807) is 18.1 Å². The number of carbonyl (C=O) groups is 2. The summed E-state index contributed by atoms with van der Waals surface area (Å²) < 4.78 is 5.34. The zero-order chi connectivity index (χ0) is 25.3. The van der Waals surface area contributed by atoms with Crippen LogP contribution < -0.4 is 9.64 Å². The first-order valence-corrected chi connectivity index (χ1v) is 12.0. The molecule has 4 rings (SSSR count). The van der Waals surface area contributed by atoms with Crippen LogP contribution in [0.25, 0.3) is 0 Å². The van der Waals surface area contributed by atoms with Crippen molar-refractivity contribution in [2.45, 2.75) is 52.4 Å². The van der Waals surface area contributed by atoms with Crippen LogP contribution in [0.4, 0.5) is 11.4 Å². The van der Waals surface area contributed by atoms with E-state index in [2.05, 4.69) is 18.7 Å². The molecule has 2 aliphatic heterocycles. The summed E-state index contributed by atoms with van der Waals surface area (Å²) in [6, 6.07) is 11.5. The van der Waals surface area contributed by atoms with E-state index in [1.807, 2.05) is 36.1 Å². The summed E-state index contributed by atoms with van der Waals surface area (Å²) in [5.74, 6) is 0.588. The van der Waals surface area contributed by atoms with Crippen molar-refractivity contribution in [3.05, 3.63) is 63.7 Å². The number of rotatable bonds is 8. The van der Waals surface area contributed by atoms with Crippen LogP contribution in [0.2, 0.25) is 0 Å². The van der Waals surface area contributed by atoms with Crippen molar-refractivity contribution in [1.82, 2.24) is 9.80 Å². The maximum absolute atomic E-state index is 13.7. The highest BCUT2D eigenvalue weighted by molar-refractivity contribution is 6.05. The maximum atomic E-state index is 13.7. The monoisotopic (exact) mass is 480 g/mol. The van der Waals surface area contributed by atoms with E-state index >= 15 is 0 Å². The number of methoxy groups -OCH3 is 1. The number of piperazine rings is 1. The van der Waals surface area contributed by atoms with Gasteiger partial charge in [0.25, 0.3) is 11.6 Å². The summed E-state index contributed by atoms with van der Waals surface area (Å²) in [5.41, 5.74) is 1.79. The number of anilines is 1. The van der Waals surface area contributed by atoms with E-state index in [4.69, 9.17) is 4.74 Å². The van der Waals surface area contributed by atoms with Crippen molar-refractivity contribution < 1.29 is 19.2 Å². The third kappa shape index (κ3) is 4.67. The first-order chi connectivity index (χ1) is 16.7. The highest BCUT2D eigenvalue weighted by atomic mass is 16.6. The molecule has 0 aromatic heterocycles. The number of nitrogens with zero attached hydrogens (tertiary/aromatic N) is 4. The van der Waals surface area contributed by atoms with E-state index in [-0.39, 0.29) is 35.1 Å². The molecule has 0 spiro atoms. The Labute approximate surface area is 205 Å². The van der Waals surface area contributed by atoms with Gasteiger partial charge in [0.15, 0.2) is 0 Å². The van der Waals surface area contributed by atoms with Gasteiger partial charge in [-0.1, -0.05) is 39.3 Å². The van der Waals surface area contributed by atoms with E-state index in [9.17, 15) is 19.7 Å². The van der Waals surface area contributed by atoms with Gasteiger partial charge in [0, 0.05) is 25.2 Å². The molecule has 2 atom stereocenters. The van der Waals surface area contributed by atoms with Crippen molar-refractivity contribution in [3.63, 3.8) is 0 Å². The zero-order valence-corrected chi connectivity index (χ0v) is 20.6. The van der Waals surface area contributed by atoms with Gasteiger partial charge in [0.1, 0.15) is 18.0 Å². The Morgan fingerprint density at radius 2 is 1.94 bits per heavy atom. The topological polar surface area (TPSA) is 96.2 Å². The van der Waals surface area contributed by atoms with Crippen molar-refractivity contribution in [3.8, 4) is 5.75 Å². The molecule has 35 heavy (non-hydrogen) atoms. The average Bonchev–Trinajstić information content (AvgIpc) is 2.83. The lowest BCUT2D eigenvalue weighted by Crippen LogP contribution is -2.70. The summed E-state index contributed by atoms with van der Waals surface area (Å²) in [6.07, 6.45) is 0.903. The fourth-order valence-electron chi connectivity index (χ4n) is 5.08. The molecule has 0 aliphatic carbocycles. The quantitative estimate of drug-likeness (QED) is 0.418. The summed E-state index contributed by atoms with van der Waals surface area (Å²) in [4.78, 5) is 43.9. The summed E-state index contributed by atoms with van der Waals surface area (Å²) >= 11 is 0. The number of ether oxygens (including phenoxy) is 1. The highest BCUT2D eigenvalue weighted by Crippen LogP contribution is 2.38. The fraction of sp³-hybridized carbons (Fsp3) is 0.462. The predicted molar refractivity (Wildman–Crippen MR) is 132 cm³/mol.